The zero-order chi connectivity index (χ0) is 13.0. The number of rotatable bonds is 5. The molecule has 0 saturated heterocycles. The Morgan fingerprint density at radius 1 is 1.59 bits per heavy atom. The van der Waals surface area contributed by atoms with Crippen molar-refractivity contribution in [3.8, 4) is 5.75 Å². The first kappa shape index (κ1) is 13.6. The number of alkyl halides is 1. The Labute approximate surface area is 107 Å². The zero-order valence-corrected chi connectivity index (χ0v) is 11.1. The molecule has 0 bridgehead atoms. The predicted octanol–water partition coefficient (Wildman–Crippen LogP) is 2.96. The summed E-state index contributed by atoms with van der Waals surface area (Å²) in [6.45, 7) is 1.86. The lowest BCUT2D eigenvalue weighted by atomic mass is 10.1. The first-order chi connectivity index (χ1) is 8.01. The molecular weight excluding hydrogens is 290 g/mol. The highest BCUT2D eigenvalue weighted by Gasteiger charge is 2.21. The van der Waals surface area contributed by atoms with Crippen molar-refractivity contribution in [3.05, 3.63) is 33.9 Å². The molecule has 1 aromatic carbocycles. The maximum atomic E-state index is 11.8. The fourth-order valence-corrected chi connectivity index (χ4v) is 1.62. The van der Waals surface area contributed by atoms with Crippen molar-refractivity contribution in [1.82, 2.24) is 0 Å². The molecule has 0 amide bonds. The van der Waals surface area contributed by atoms with Crippen LogP contribution in [-0.4, -0.2) is 22.6 Å². The quantitative estimate of drug-likeness (QED) is 0.363. The molecule has 1 aromatic rings. The average molecular weight is 302 g/mol. The van der Waals surface area contributed by atoms with Gasteiger partial charge >= 0.3 is 5.69 Å². The van der Waals surface area contributed by atoms with Crippen LogP contribution in [0.4, 0.5) is 5.69 Å². The number of benzene rings is 1. The molecule has 6 heteroatoms. The highest BCUT2D eigenvalue weighted by molar-refractivity contribution is 9.10. The number of nitrogens with zero attached hydrogens (tertiary/aromatic N) is 1. The third-order valence-corrected chi connectivity index (χ3v) is 3.37. The van der Waals surface area contributed by atoms with Gasteiger partial charge in [-0.15, -0.1) is 0 Å². The van der Waals surface area contributed by atoms with Gasteiger partial charge in [-0.1, -0.05) is 22.9 Å². The minimum absolute atomic E-state index is 0.147. The standard InChI is InChI=1S/C11H12BrNO4/c1-3-8(12)11(14)7-4-5-10(17-2)9(6-7)13(15)16/h4-6,8H,3H2,1-2H3. The van der Waals surface area contributed by atoms with Crippen LogP contribution in [0.1, 0.15) is 23.7 Å². The number of ketones is 1. The van der Waals surface area contributed by atoms with Gasteiger partial charge < -0.3 is 4.74 Å². The van der Waals surface area contributed by atoms with Crippen molar-refractivity contribution in [2.45, 2.75) is 18.2 Å². The number of nitro benzene ring substituents is 1. The maximum Gasteiger partial charge on any atom is 0.311 e. The van der Waals surface area contributed by atoms with E-state index in [1.807, 2.05) is 6.92 Å². The summed E-state index contributed by atoms with van der Waals surface area (Å²) in [4.78, 5) is 21.7. The van der Waals surface area contributed by atoms with Crippen LogP contribution < -0.4 is 4.74 Å². The fourth-order valence-electron chi connectivity index (χ4n) is 1.35. The molecule has 0 radical (unpaired) electrons. The van der Waals surface area contributed by atoms with Gasteiger partial charge in [-0.05, 0) is 18.6 Å². The molecule has 0 aromatic heterocycles. The Kier molecular flexibility index (Phi) is 4.62. The number of carbonyl (C=O) groups excluding carboxylic acids is 1. The number of carbonyl (C=O) groups is 1. The van der Waals surface area contributed by atoms with Crippen LogP contribution >= 0.6 is 15.9 Å². The molecule has 0 aliphatic rings. The van der Waals surface area contributed by atoms with Gasteiger partial charge in [-0.3, -0.25) is 14.9 Å². The Morgan fingerprint density at radius 2 is 2.24 bits per heavy atom. The Morgan fingerprint density at radius 3 is 2.71 bits per heavy atom. The molecule has 0 N–H and O–H groups in total. The highest BCUT2D eigenvalue weighted by atomic mass is 79.9. The van der Waals surface area contributed by atoms with Crippen molar-refractivity contribution >= 4 is 27.4 Å². The topological polar surface area (TPSA) is 69.4 Å². The molecule has 0 aliphatic heterocycles. The third kappa shape index (κ3) is 3.03. The molecule has 0 aliphatic carbocycles. The normalized spacial score (nSPS) is 11.9. The van der Waals surface area contributed by atoms with Crippen molar-refractivity contribution in [2.75, 3.05) is 7.11 Å². The molecule has 0 heterocycles. The van der Waals surface area contributed by atoms with Gasteiger partial charge in [0.25, 0.3) is 0 Å². The molecule has 0 saturated carbocycles. The number of Topliss-reactive ketones (excluding diaryl/α,β-unsaturated/α-hetero) is 1. The van der Waals surface area contributed by atoms with Gasteiger partial charge in [0.15, 0.2) is 11.5 Å². The third-order valence-electron chi connectivity index (χ3n) is 2.30. The lowest BCUT2D eigenvalue weighted by Gasteiger charge is -2.07. The van der Waals surface area contributed by atoms with Crippen molar-refractivity contribution in [1.29, 1.82) is 0 Å². The second-order valence-electron chi connectivity index (χ2n) is 3.38. The number of hydrogen-bond donors (Lipinski definition) is 0. The van der Waals surface area contributed by atoms with Crippen LogP contribution in [0.15, 0.2) is 18.2 Å². The second kappa shape index (κ2) is 5.77. The summed E-state index contributed by atoms with van der Waals surface area (Å²) in [7, 11) is 1.35. The minimum atomic E-state index is -0.565. The van der Waals surface area contributed by atoms with E-state index in [2.05, 4.69) is 15.9 Å². The van der Waals surface area contributed by atoms with E-state index in [4.69, 9.17) is 4.74 Å². The van der Waals surface area contributed by atoms with E-state index < -0.39 is 4.92 Å². The molecule has 1 unspecified atom stereocenters. The number of halogens is 1. The summed E-state index contributed by atoms with van der Waals surface area (Å²) in [5.41, 5.74) is 0.107. The number of ether oxygens (including phenoxy) is 1. The van der Waals surface area contributed by atoms with E-state index in [1.165, 1.54) is 25.3 Å². The lowest BCUT2D eigenvalue weighted by Crippen LogP contribution is -2.13. The number of hydrogen-bond acceptors (Lipinski definition) is 4. The van der Waals surface area contributed by atoms with Crippen molar-refractivity contribution in [3.63, 3.8) is 0 Å². The average Bonchev–Trinajstić information content (AvgIpc) is 2.35. The molecule has 1 rings (SSSR count). The molecule has 5 nitrogen and oxygen atoms in total. The van der Waals surface area contributed by atoms with Crippen LogP contribution in [0.2, 0.25) is 0 Å². The first-order valence-electron chi connectivity index (χ1n) is 5.02. The van der Waals surface area contributed by atoms with Gasteiger partial charge in [0.2, 0.25) is 0 Å². The van der Waals surface area contributed by atoms with Crippen LogP contribution in [0.3, 0.4) is 0 Å². The number of nitro groups is 1. The van der Waals surface area contributed by atoms with Crippen molar-refractivity contribution in [2.24, 2.45) is 0 Å². The minimum Gasteiger partial charge on any atom is -0.490 e. The second-order valence-corrected chi connectivity index (χ2v) is 4.49. The molecule has 17 heavy (non-hydrogen) atoms. The fraction of sp³-hybridized carbons (Fsp3) is 0.364. The van der Waals surface area contributed by atoms with Gasteiger partial charge in [0, 0.05) is 11.6 Å². The molecular formula is C11H12BrNO4. The van der Waals surface area contributed by atoms with Gasteiger partial charge in [0.05, 0.1) is 16.9 Å². The maximum absolute atomic E-state index is 11.8. The molecule has 0 spiro atoms. The summed E-state index contributed by atoms with van der Waals surface area (Å²) in [5.74, 6) is -0.0209. The van der Waals surface area contributed by atoms with E-state index in [9.17, 15) is 14.9 Å². The molecule has 92 valence electrons. The Hall–Kier alpha value is -1.43. The smallest absolute Gasteiger partial charge is 0.311 e. The summed E-state index contributed by atoms with van der Waals surface area (Å²) < 4.78 is 4.86. The largest absolute Gasteiger partial charge is 0.490 e. The van der Waals surface area contributed by atoms with Crippen LogP contribution in [0, 0.1) is 10.1 Å². The van der Waals surface area contributed by atoms with Crippen molar-refractivity contribution < 1.29 is 14.5 Å². The SMILES string of the molecule is CCC(Br)C(=O)c1ccc(OC)c([N+](=O)[O-])c1. The van der Waals surface area contributed by atoms with Crippen LogP contribution in [-0.2, 0) is 0 Å². The highest BCUT2D eigenvalue weighted by Crippen LogP contribution is 2.28. The first-order valence-corrected chi connectivity index (χ1v) is 5.93. The van der Waals surface area contributed by atoms with Crippen LogP contribution in [0.5, 0.6) is 5.75 Å². The Bertz CT molecular complexity index is 447. The summed E-state index contributed by atoms with van der Waals surface area (Å²) in [6, 6.07) is 4.20. The van der Waals surface area contributed by atoms with Crippen LogP contribution in [0.25, 0.3) is 0 Å². The van der Waals surface area contributed by atoms with E-state index in [0.717, 1.165) is 0 Å². The van der Waals surface area contributed by atoms with E-state index >= 15 is 0 Å². The van der Waals surface area contributed by atoms with E-state index in [-0.39, 0.29) is 22.0 Å². The molecule has 1 atom stereocenters. The predicted molar refractivity (Wildman–Crippen MR) is 67.0 cm³/mol. The van der Waals surface area contributed by atoms with Gasteiger partial charge in [-0.2, -0.15) is 0 Å². The van der Waals surface area contributed by atoms with E-state index in [1.54, 1.807) is 0 Å². The lowest BCUT2D eigenvalue weighted by molar-refractivity contribution is -0.385. The van der Waals surface area contributed by atoms with E-state index in [0.29, 0.717) is 12.0 Å². The monoisotopic (exact) mass is 301 g/mol. The molecule has 0 fully saturated rings. The zero-order valence-electron chi connectivity index (χ0n) is 9.47. The summed E-state index contributed by atoms with van der Waals surface area (Å²) >= 11 is 3.23. The summed E-state index contributed by atoms with van der Waals surface area (Å²) in [6.07, 6.45) is 0.624. The van der Waals surface area contributed by atoms with Gasteiger partial charge in [-0.25, -0.2) is 0 Å². The Balaban J connectivity index is 3.16. The van der Waals surface area contributed by atoms with Gasteiger partial charge in [0.1, 0.15) is 0 Å². The summed E-state index contributed by atoms with van der Waals surface area (Å²) in [5, 5.41) is 10.8. The number of methoxy groups -OCH3 is 1.